The number of aromatic nitrogens is 5. The summed E-state index contributed by atoms with van der Waals surface area (Å²) in [5.41, 5.74) is 11.5. The molecule has 0 unspecified atom stereocenters. The molecule has 4 aromatic rings. The molecule has 0 atom stereocenters. The van der Waals surface area contributed by atoms with Gasteiger partial charge in [0.05, 0.1) is 35.1 Å². The number of hydrogen-bond donors (Lipinski definition) is 3. The average Bonchev–Trinajstić information content (AvgIpc) is 3.52. The minimum absolute atomic E-state index is 0.263. The van der Waals surface area contributed by atoms with Gasteiger partial charge in [-0.15, -0.1) is 0 Å². The highest BCUT2D eigenvalue weighted by molar-refractivity contribution is 7.80. The molecule has 1 saturated carbocycles. The Hall–Kier alpha value is -3.79. The number of nitrogens with zero attached hydrogens (tertiary/aromatic N) is 5. The summed E-state index contributed by atoms with van der Waals surface area (Å²) in [5, 5.41) is 12.9. The lowest BCUT2D eigenvalue weighted by molar-refractivity contribution is 0.0945. The minimum Gasteiger partial charge on any atom is -0.329 e. The van der Waals surface area contributed by atoms with Crippen LogP contribution in [-0.2, 0) is 13.6 Å². The molecular formula is C24H26N8OS. The van der Waals surface area contributed by atoms with Crippen molar-refractivity contribution in [3.05, 3.63) is 70.8 Å². The largest absolute Gasteiger partial charge is 0.329 e. The number of carbonyl (C=O) groups excluding carboxylic acids is 1. The van der Waals surface area contributed by atoms with Gasteiger partial charge in [-0.1, -0.05) is 29.8 Å². The van der Waals surface area contributed by atoms with Crippen molar-refractivity contribution in [3.8, 4) is 0 Å². The zero-order valence-corrected chi connectivity index (χ0v) is 20.1. The molecule has 3 N–H and O–H groups in total. The van der Waals surface area contributed by atoms with Gasteiger partial charge in [0, 0.05) is 24.9 Å². The molecule has 1 aromatic carbocycles. The first-order valence-electron chi connectivity index (χ1n) is 11.2. The summed E-state index contributed by atoms with van der Waals surface area (Å²) in [5.74, 6) is 0.128. The van der Waals surface area contributed by atoms with Gasteiger partial charge in [-0.05, 0) is 50.5 Å². The summed E-state index contributed by atoms with van der Waals surface area (Å²) < 4.78 is 3.55. The molecule has 0 spiro atoms. The van der Waals surface area contributed by atoms with Crippen molar-refractivity contribution in [2.45, 2.75) is 39.2 Å². The maximum absolute atomic E-state index is 13.1. The SMILES string of the molecule is Cc1ccc(Cn2cc(NC(=S)NNC(=O)c3cc(C4CC4)nc4c3c(C)nn4C)cn2)cc1. The number of benzene rings is 1. The predicted octanol–water partition coefficient (Wildman–Crippen LogP) is 3.34. The number of aryl methyl sites for hydroxylation is 3. The highest BCUT2D eigenvalue weighted by Gasteiger charge is 2.28. The maximum Gasteiger partial charge on any atom is 0.270 e. The summed E-state index contributed by atoms with van der Waals surface area (Å²) in [6.45, 7) is 4.60. The van der Waals surface area contributed by atoms with E-state index in [1.807, 2.05) is 30.9 Å². The zero-order chi connectivity index (χ0) is 23.8. The smallest absolute Gasteiger partial charge is 0.270 e. The third kappa shape index (κ3) is 4.62. The molecule has 34 heavy (non-hydrogen) atoms. The van der Waals surface area contributed by atoms with Crippen LogP contribution in [0.2, 0.25) is 0 Å². The van der Waals surface area contributed by atoms with E-state index in [1.54, 1.807) is 10.9 Å². The molecule has 5 rings (SSSR count). The van der Waals surface area contributed by atoms with Gasteiger partial charge in [0.2, 0.25) is 0 Å². The molecule has 0 bridgehead atoms. The Balaban J connectivity index is 1.23. The number of hydrazine groups is 1. The minimum atomic E-state index is -0.287. The number of amides is 1. The van der Waals surface area contributed by atoms with Crippen molar-refractivity contribution in [1.82, 2.24) is 35.4 Å². The molecule has 3 aromatic heterocycles. The maximum atomic E-state index is 13.1. The van der Waals surface area contributed by atoms with Crippen LogP contribution in [0.4, 0.5) is 5.69 Å². The molecule has 1 amide bonds. The summed E-state index contributed by atoms with van der Waals surface area (Å²) in [6, 6.07) is 10.2. The topological polar surface area (TPSA) is 102 Å². The number of carbonyl (C=O) groups is 1. The summed E-state index contributed by atoms with van der Waals surface area (Å²) in [7, 11) is 1.84. The van der Waals surface area contributed by atoms with E-state index in [9.17, 15) is 4.79 Å². The first-order chi connectivity index (χ1) is 16.4. The second-order valence-corrected chi connectivity index (χ2v) is 9.13. The van der Waals surface area contributed by atoms with Gasteiger partial charge in [-0.25, -0.2) is 4.98 Å². The Morgan fingerprint density at radius 1 is 1.18 bits per heavy atom. The van der Waals surface area contributed by atoms with E-state index in [2.05, 4.69) is 57.6 Å². The lowest BCUT2D eigenvalue weighted by atomic mass is 10.1. The van der Waals surface area contributed by atoms with E-state index in [4.69, 9.17) is 17.2 Å². The van der Waals surface area contributed by atoms with Gasteiger partial charge in [-0.2, -0.15) is 10.2 Å². The van der Waals surface area contributed by atoms with Gasteiger partial charge in [0.1, 0.15) is 0 Å². The number of rotatable bonds is 5. The predicted molar refractivity (Wildman–Crippen MR) is 135 cm³/mol. The summed E-state index contributed by atoms with van der Waals surface area (Å²) in [4.78, 5) is 17.8. The number of anilines is 1. The van der Waals surface area contributed by atoms with Crippen LogP contribution in [0.1, 0.15) is 51.6 Å². The fraction of sp³-hybridized carbons (Fsp3) is 0.292. The van der Waals surface area contributed by atoms with Gasteiger partial charge < -0.3 is 5.32 Å². The quantitative estimate of drug-likeness (QED) is 0.301. The highest BCUT2D eigenvalue weighted by Crippen LogP contribution is 2.40. The molecule has 9 nitrogen and oxygen atoms in total. The lowest BCUT2D eigenvalue weighted by Gasteiger charge is -2.12. The average molecular weight is 475 g/mol. The number of nitrogens with one attached hydrogen (secondary N) is 3. The molecular weight excluding hydrogens is 448 g/mol. The van der Waals surface area contributed by atoms with E-state index in [1.165, 1.54) is 5.56 Å². The number of fused-ring (bicyclic) bond motifs is 1. The fourth-order valence-electron chi connectivity index (χ4n) is 3.97. The van der Waals surface area contributed by atoms with Crippen LogP contribution in [0.15, 0.2) is 42.7 Å². The van der Waals surface area contributed by atoms with Gasteiger partial charge >= 0.3 is 0 Å². The Morgan fingerprint density at radius 2 is 1.94 bits per heavy atom. The first-order valence-corrected chi connectivity index (χ1v) is 11.6. The van der Waals surface area contributed by atoms with E-state index < -0.39 is 0 Å². The Labute approximate surface area is 202 Å². The van der Waals surface area contributed by atoms with Crippen LogP contribution >= 0.6 is 12.2 Å². The van der Waals surface area contributed by atoms with Crippen molar-refractivity contribution in [2.75, 3.05) is 5.32 Å². The second kappa shape index (κ2) is 8.86. The Bertz CT molecular complexity index is 1380. The monoisotopic (exact) mass is 474 g/mol. The van der Waals surface area contributed by atoms with Crippen molar-refractivity contribution in [3.63, 3.8) is 0 Å². The fourth-order valence-corrected chi connectivity index (χ4v) is 4.14. The third-order valence-electron chi connectivity index (χ3n) is 5.87. The molecule has 10 heteroatoms. The molecule has 3 heterocycles. The van der Waals surface area contributed by atoms with E-state index >= 15 is 0 Å². The number of thiocarbonyl (C=S) groups is 1. The first kappa shape index (κ1) is 22.0. The van der Waals surface area contributed by atoms with Crippen molar-refractivity contribution in [1.29, 1.82) is 0 Å². The van der Waals surface area contributed by atoms with Crippen LogP contribution < -0.4 is 16.2 Å². The van der Waals surface area contributed by atoms with Crippen LogP contribution in [-0.4, -0.2) is 35.6 Å². The van der Waals surface area contributed by atoms with Crippen LogP contribution in [0.3, 0.4) is 0 Å². The van der Waals surface area contributed by atoms with Gasteiger partial charge in [0.25, 0.3) is 5.91 Å². The zero-order valence-electron chi connectivity index (χ0n) is 19.3. The number of hydrogen-bond acceptors (Lipinski definition) is 5. The van der Waals surface area contributed by atoms with Crippen LogP contribution in [0.5, 0.6) is 0 Å². The van der Waals surface area contributed by atoms with E-state index in [0.29, 0.717) is 23.7 Å². The van der Waals surface area contributed by atoms with Crippen molar-refractivity contribution in [2.24, 2.45) is 7.05 Å². The molecule has 1 fully saturated rings. The second-order valence-electron chi connectivity index (χ2n) is 8.72. The summed E-state index contributed by atoms with van der Waals surface area (Å²) >= 11 is 5.36. The Morgan fingerprint density at radius 3 is 2.68 bits per heavy atom. The molecule has 174 valence electrons. The molecule has 0 saturated heterocycles. The van der Waals surface area contributed by atoms with Gasteiger partial charge in [-0.3, -0.25) is 25.0 Å². The molecule has 0 aliphatic heterocycles. The van der Waals surface area contributed by atoms with Gasteiger partial charge in [0.15, 0.2) is 10.8 Å². The third-order valence-corrected chi connectivity index (χ3v) is 6.08. The van der Waals surface area contributed by atoms with Crippen LogP contribution in [0, 0.1) is 13.8 Å². The molecule has 0 radical (unpaired) electrons. The lowest BCUT2D eigenvalue weighted by Crippen LogP contribution is -2.43. The number of pyridine rings is 1. The van der Waals surface area contributed by atoms with Crippen molar-refractivity contribution >= 4 is 40.0 Å². The molecule has 1 aliphatic rings. The standard InChI is InChI=1S/C24H26N8OS/c1-14-4-6-16(7-5-14)12-32-13-18(11-25-32)26-24(34)29-28-23(33)19-10-20(17-8-9-17)27-22-21(19)15(2)30-31(22)3/h4-7,10-11,13,17H,8-9,12H2,1-3H3,(H,28,33)(H2,26,29,34). The van der Waals surface area contributed by atoms with Crippen LogP contribution in [0.25, 0.3) is 11.0 Å². The van der Waals surface area contributed by atoms with E-state index in [-0.39, 0.29) is 11.0 Å². The highest BCUT2D eigenvalue weighted by atomic mass is 32.1. The Kier molecular flexibility index (Phi) is 5.74. The van der Waals surface area contributed by atoms with Crippen molar-refractivity contribution < 1.29 is 4.79 Å². The van der Waals surface area contributed by atoms with E-state index in [0.717, 1.165) is 40.9 Å². The normalized spacial score (nSPS) is 13.1. The summed E-state index contributed by atoms with van der Waals surface area (Å²) in [6.07, 6.45) is 5.75. The molecule has 1 aliphatic carbocycles.